The van der Waals surface area contributed by atoms with Crippen LogP contribution in [0.1, 0.15) is 36.8 Å². The molecule has 0 aliphatic carbocycles. The van der Waals surface area contributed by atoms with Crippen molar-refractivity contribution in [2.45, 2.75) is 39.0 Å². The molecule has 0 bridgehead atoms. The molecule has 0 aliphatic heterocycles. The Labute approximate surface area is 108 Å². The van der Waals surface area contributed by atoms with Crippen molar-refractivity contribution in [3.05, 3.63) is 47.4 Å². The molecule has 2 aromatic rings. The Morgan fingerprint density at radius 1 is 1.11 bits per heavy atom. The van der Waals surface area contributed by atoms with Crippen LogP contribution in [0, 0.1) is 0 Å². The van der Waals surface area contributed by atoms with Crippen molar-refractivity contribution in [2.24, 2.45) is 0 Å². The lowest BCUT2D eigenvalue weighted by molar-refractivity contribution is 0.448. The molecule has 96 valence electrons. The second-order valence-electron chi connectivity index (χ2n) is 4.57. The van der Waals surface area contributed by atoms with Crippen LogP contribution in [-0.4, -0.2) is 15.1 Å². The van der Waals surface area contributed by atoms with Crippen LogP contribution in [-0.2, 0) is 19.3 Å². The molecule has 0 aliphatic rings. The molecule has 0 unspecified atom stereocenters. The van der Waals surface area contributed by atoms with E-state index in [0.717, 1.165) is 43.6 Å². The lowest BCUT2D eigenvalue weighted by atomic mass is 10.1. The molecule has 18 heavy (non-hydrogen) atoms. The zero-order valence-corrected chi connectivity index (χ0v) is 10.8. The molecule has 1 aromatic carbocycles. The van der Waals surface area contributed by atoms with E-state index < -0.39 is 0 Å². The second kappa shape index (κ2) is 6.24. The Morgan fingerprint density at radius 2 is 1.89 bits per heavy atom. The van der Waals surface area contributed by atoms with Crippen LogP contribution in [0.5, 0.6) is 5.88 Å². The Balaban J connectivity index is 1.95. The number of nitrogens with zero attached hydrogens (tertiary/aromatic N) is 1. The fraction of sp³-hybridized carbons (Fsp3) is 0.400. The van der Waals surface area contributed by atoms with Crippen LogP contribution in [0.3, 0.4) is 0 Å². The van der Waals surface area contributed by atoms with E-state index in [1.807, 2.05) is 18.2 Å². The molecule has 1 aromatic heterocycles. The van der Waals surface area contributed by atoms with Crippen LogP contribution in [0.4, 0.5) is 0 Å². The predicted octanol–water partition coefficient (Wildman–Crippen LogP) is 3.24. The molecular formula is C15H20N2O. The van der Waals surface area contributed by atoms with Gasteiger partial charge in [0.05, 0.1) is 5.69 Å². The summed E-state index contributed by atoms with van der Waals surface area (Å²) >= 11 is 0. The SMILES string of the molecule is CCCCc1nc(O)c(CCc2ccccc2)[nH]1. The highest BCUT2D eigenvalue weighted by atomic mass is 16.3. The first kappa shape index (κ1) is 12.7. The first-order valence-corrected chi connectivity index (χ1v) is 6.60. The van der Waals surface area contributed by atoms with Gasteiger partial charge in [-0.1, -0.05) is 43.7 Å². The summed E-state index contributed by atoms with van der Waals surface area (Å²) in [6.07, 6.45) is 4.88. The van der Waals surface area contributed by atoms with E-state index in [-0.39, 0.29) is 5.88 Å². The van der Waals surface area contributed by atoms with Crippen molar-refractivity contribution in [3.8, 4) is 5.88 Å². The molecule has 1 heterocycles. The first-order valence-electron chi connectivity index (χ1n) is 6.60. The number of aryl methyl sites for hydroxylation is 3. The van der Waals surface area contributed by atoms with Crippen molar-refractivity contribution < 1.29 is 5.11 Å². The van der Waals surface area contributed by atoms with E-state index in [9.17, 15) is 5.11 Å². The van der Waals surface area contributed by atoms with Gasteiger partial charge < -0.3 is 10.1 Å². The van der Waals surface area contributed by atoms with Crippen LogP contribution in [0.2, 0.25) is 0 Å². The average Bonchev–Trinajstić information content (AvgIpc) is 2.76. The van der Waals surface area contributed by atoms with E-state index in [4.69, 9.17) is 0 Å². The van der Waals surface area contributed by atoms with E-state index in [1.165, 1.54) is 5.56 Å². The minimum atomic E-state index is 0.164. The topological polar surface area (TPSA) is 48.9 Å². The van der Waals surface area contributed by atoms with Crippen molar-refractivity contribution in [3.63, 3.8) is 0 Å². The van der Waals surface area contributed by atoms with Gasteiger partial charge >= 0.3 is 0 Å². The van der Waals surface area contributed by atoms with Crippen molar-refractivity contribution in [2.75, 3.05) is 0 Å². The van der Waals surface area contributed by atoms with E-state index in [2.05, 4.69) is 29.0 Å². The van der Waals surface area contributed by atoms with Gasteiger partial charge in [-0.3, -0.25) is 0 Å². The van der Waals surface area contributed by atoms with Crippen LogP contribution in [0.25, 0.3) is 0 Å². The Morgan fingerprint density at radius 3 is 2.61 bits per heavy atom. The highest BCUT2D eigenvalue weighted by Crippen LogP contribution is 2.17. The Hall–Kier alpha value is -1.77. The van der Waals surface area contributed by atoms with Crippen LogP contribution in [0.15, 0.2) is 30.3 Å². The van der Waals surface area contributed by atoms with Gasteiger partial charge in [0, 0.05) is 6.42 Å². The molecule has 0 atom stereocenters. The standard InChI is InChI=1S/C15H20N2O/c1-2-3-9-14-16-13(15(18)17-14)11-10-12-7-5-4-6-8-12/h4-8,18H,2-3,9-11H2,1H3,(H,16,17). The summed E-state index contributed by atoms with van der Waals surface area (Å²) in [7, 11) is 0. The smallest absolute Gasteiger partial charge is 0.232 e. The summed E-state index contributed by atoms with van der Waals surface area (Å²) < 4.78 is 0. The highest BCUT2D eigenvalue weighted by molar-refractivity contribution is 5.22. The third-order valence-electron chi connectivity index (χ3n) is 3.08. The van der Waals surface area contributed by atoms with E-state index in [1.54, 1.807) is 0 Å². The third kappa shape index (κ3) is 3.36. The molecule has 0 saturated carbocycles. The lowest BCUT2D eigenvalue weighted by Crippen LogP contribution is -1.93. The van der Waals surface area contributed by atoms with Gasteiger partial charge in [0.1, 0.15) is 5.82 Å². The van der Waals surface area contributed by atoms with E-state index in [0.29, 0.717) is 0 Å². The van der Waals surface area contributed by atoms with E-state index >= 15 is 0 Å². The van der Waals surface area contributed by atoms with Gasteiger partial charge in [0.15, 0.2) is 0 Å². The fourth-order valence-corrected chi connectivity index (χ4v) is 2.00. The number of hydrogen-bond acceptors (Lipinski definition) is 2. The van der Waals surface area contributed by atoms with Crippen molar-refractivity contribution >= 4 is 0 Å². The van der Waals surface area contributed by atoms with Crippen molar-refractivity contribution in [1.82, 2.24) is 9.97 Å². The van der Waals surface area contributed by atoms with Gasteiger partial charge in [0.25, 0.3) is 0 Å². The van der Waals surface area contributed by atoms with Gasteiger partial charge in [-0.2, -0.15) is 4.98 Å². The molecule has 0 saturated heterocycles. The predicted molar refractivity (Wildman–Crippen MR) is 72.7 cm³/mol. The van der Waals surface area contributed by atoms with Gasteiger partial charge in [-0.15, -0.1) is 0 Å². The maximum absolute atomic E-state index is 9.77. The highest BCUT2D eigenvalue weighted by Gasteiger charge is 2.08. The molecule has 0 spiro atoms. The number of hydrogen-bond donors (Lipinski definition) is 2. The first-order chi connectivity index (χ1) is 8.79. The molecule has 0 amide bonds. The largest absolute Gasteiger partial charge is 0.492 e. The summed E-state index contributed by atoms with van der Waals surface area (Å²) in [6, 6.07) is 10.3. The zero-order valence-electron chi connectivity index (χ0n) is 10.8. The Bertz CT molecular complexity index is 476. The average molecular weight is 244 g/mol. The van der Waals surface area contributed by atoms with Crippen molar-refractivity contribution in [1.29, 1.82) is 0 Å². The second-order valence-corrected chi connectivity index (χ2v) is 4.57. The summed E-state index contributed by atoms with van der Waals surface area (Å²) in [5, 5.41) is 9.77. The van der Waals surface area contributed by atoms with Gasteiger partial charge in [0.2, 0.25) is 5.88 Å². The van der Waals surface area contributed by atoms with Gasteiger partial charge in [-0.25, -0.2) is 0 Å². The molecule has 0 fully saturated rings. The number of imidazole rings is 1. The number of H-pyrrole nitrogens is 1. The zero-order chi connectivity index (χ0) is 12.8. The lowest BCUT2D eigenvalue weighted by Gasteiger charge is -1.99. The number of aromatic nitrogens is 2. The summed E-state index contributed by atoms with van der Waals surface area (Å²) in [4.78, 5) is 7.39. The molecule has 3 nitrogen and oxygen atoms in total. The summed E-state index contributed by atoms with van der Waals surface area (Å²) in [5.41, 5.74) is 2.13. The molecule has 2 rings (SSSR count). The molecular weight excluding hydrogens is 224 g/mol. The fourth-order valence-electron chi connectivity index (χ4n) is 2.00. The minimum Gasteiger partial charge on any atom is -0.492 e. The van der Waals surface area contributed by atoms with Crippen LogP contribution < -0.4 is 0 Å². The molecule has 3 heteroatoms. The van der Waals surface area contributed by atoms with Crippen LogP contribution >= 0.6 is 0 Å². The molecule has 0 radical (unpaired) electrons. The monoisotopic (exact) mass is 244 g/mol. The number of aromatic amines is 1. The Kier molecular flexibility index (Phi) is 4.40. The normalized spacial score (nSPS) is 10.7. The number of benzene rings is 1. The summed E-state index contributed by atoms with van der Waals surface area (Å²) in [6.45, 7) is 2.15. The minimum absolute atomic E-state index is 0.164. The maximum atomic E-state index is 9.77. The third-order valence-corrected chi connectivity index (χ3v) is 3.08. The number of rotatable bonds is 6. The maximum Gasteiger partial charge on any atom is 0.232 e. The van der Waals surface area contributed by atoms with Gasteiger partial charge in [-0.05, 0) is 24.8 Å². The number of nitrogens with one attached hydrogen (secondary N) is 1. The number of unbranched alkanes of at least 4 members (excludes halogenated alkanes) is 1. The quantitative estimate of drug-likeness (QED) is 0.819. The summed E-state index contributed by atoms with van der Waals surface area (Å²) in [5.74, 6) is 1.06. The molecule has 2 N–H and O–H groups in total. The number of aromatic hydroxyl groups is 1.